The third-order valence-electron chi connectivity index (χ3n) is 4.32. The molecule has 134 valence electrons. The number of anilines is 1. The van der Waals surface area contributed by atoms with Crippen LogP contribution in [-0.2, 0) is 11.3 Å². The van der Waals surface area contributed by atoms with Crippen LogP contribution in [0.15, 0.2) is 23.4 Å². The fraction of sp³-hybridized carbons (Fsp3) is 0.471. The van der Waals surface area contributed by atoms with E-state index >= 15 is 0 Å². The van der Waals surface area contributed by atoms with Crippen molar-refractivity contribution < 1.29 is 13.6 Å². The van der Waals surface area contributed by atoms with Crippen LogP contribution in [0.5, 0.6) is 0 Å². The van der Waals surface area contributed by atoms with Crippen LogP contribution in [0.3, 0.4) is 0 Å². The fourth-order valence-electron chi connectivity index (χ4n) is 3.10. The smallest absolute Gasteiger partial charge is 0.234 e. The standard InChI is InChI=1S/C17H20F2N4OS/c1-2-23-16(11-5-3-4-6-11)21-22-17(23)25-10-15(24)20-14-8-7-12(18)9-13(14)19/h7-9,11H,2-6,10H2,1H3,(H,20,24). The molecule has 3 rings (SSSR count). The van der Waals surface area contributed by atoms with Crippen LogP contribution in [0.1, 0.15) is 44.3 Å². The van der Waals surface area contributed by atoms with Crippen molar-refractivity contribution in [3.05, 3.63) is 35.7 Å². The summed E-state index contributed by atoms with van der Waals surface area (Å²) in [5, 5.41) is 11.7. The lowest BCUT2D eigenvalue weighted by Crippen LogP contribution is -2.16. The normalized spacial score (nSPS) is 14.8. The first-order chi connectivity index (χ1) is 12.1. The molecule has 1 aromatic heterocycles. The molecule has 1 aliphatic carbocycles. The summed E-state index contributed by atoms with van der Waals surface area (Å²) in [4.78, 5) is 12.0. The summed E-state index contributed by atoms with van der Waals surface area (Å²) in [5.41, 5.74) is -0.0318. The van der Waals surface area contributed by atoms with Crippen molar-refractivity contribution in [3.8, 4) is 0 Å². The Labute approximate surface area is 149 Å². The monoisotopic (exact) mass is 366 g/mol. The fourth-order valence-corrected chi connectivity index (χ4v) is 3.91. The molecule has 0 atom stereocenters. The molecule has 1 heterocycles. The number of hydrogen-bond acceptors (Lipinski definition) is 4. The molecule has 0 radical (unpaired) electrons. The predicted octanol–water partition coefficient (Wildman–Crippen LogP) is 3.96. The summed E-state index contributed by atoms with van der Waals surface area (Å²) in [5.74, 6) is -0.321. The first-order valence-corrected chi connectivity index (χ1v) is 9.38. The first-order valence-electron chi connectivity index (χ1n) is 8.39. The molecule has 1 fully saturated rings. The second kappa shape index (κ2) is 7.95. The van der Waals surface area contributed by atoms with Gasteiger partial charge in [-0.05, 0) is 31.9 Å². The highest BCUT2D eigenvalue weighted by atomic mass is 32.2. The molecule has 1 saturated carbocycles. The SMILES string of the molecule is CCn1c(SCC(=O)Nc2ccc(F)cc2F)nnc1C1CCCC1. The van der Waals surface area contributed by atoms with Gasteiger partial charge < -0.3 is 9.88 Å². The Kier molecular flexibility index (Phi) is 5.67. The van der Waals surface area contributed by atoms with Gasteiger partial charge in [-0.2, -0.15) is 0 Å². The average molecular weight is 366 g/mol. The van der Waals surface area contributed by atoms with Crippen LogP contribution >= 0.6 is 11.8 Å². The highest BCUT2D eigenvalue weighted by Gasteiger charge is 2.24. The molecule has 0 saturated heterocycles. The Hall–Kier alpha value is -1.96. The van der Waals surface area contributed by atoms with Crippen molar-refractivity contribution in [1.82, 2.24) is 14.8 Å². The van der Waals surface area contributed by atoms with Gasteiger partial charge in [-0.1, -0.05) is 24.6 Å². The zero-order valence-corrected chi connectivity index (χ0v) is 14.8. The summed E-state index contributed by atoms with van der Waals surface area (Å²) in [6.07, 6.45) is 4.70. The van der Waals surface area contributed by atoms with E-state index in [4.69, 9.17) is 0 Å². The van der Waals surface area contributed by atoms with Gasteiger partial charge in [0.25, 0.3) is 0 Å². The van der Waals surface area contributed by atoms with Crippen molar-refractivity contribution in [1.29, 1.82) is 0 Å². The second-order valence-corrected chi connectivity index (χ2v) is 6.97. The minimum atomic E-state index is -0.793. The molecule has 2 aromatic rings. The predicted molar refractivity (Wildman–Crippen MR) is 92.6 cm³/mol. The molecule has 0 spiro atoms. The number of rotatable bonds is 6. The number of hydrogen-bond donors (Lipinski definition) is 1. The van der Waals surface area contributed by atoms with Crippen molar-refractivity contribution in [2.45, 2.75) is 50.2 Å². The van der Waals surface area contributed by atoms with E-state index in [9.17, 15) is 13.6 Å². The third kappa shape index (κ3) is 4.18. The largest absolute Gasteiger partial charge is 0.323 e. The van der Waals surface area contributed by atoms with Crippen molar-refractivity contribution in [3.63, 3.8) is 0 Å². The van der Waals surface area contributed by atoms with Gasteiger partial charge in [-0.3, -0.25) is 4.79 Å². The minimum Gasteiger partial charge on any atom is -0.323 e. The topological polar surface area (TPSA) is 59.8 Å². The zero-order valence-electron chi connectivity index (χ0n) is 14.0. The Balaban J connectivity index is 1.62. The second-order valence-electron chi connectivity index (χ2n) is 6.03. The number of thioether (sulfide) groups is 1. The summed E-state index contributed by atoms with van der Waals surface area (Å²) < 4.78 is 28.5. The minimum absolute atomic E-state index is 0.0318. The van der Waals surface area contributed by atoms with Gasteiger partial charge in [-0.25, -0.2) is 8.78 Å². The molecule has 0 aliphatic heterocycles. The average Bonchev–Trinajstić information content (AvgIpc) is 3.24. The van der Waals surface area contributed by atoms with Crippen LogP contribution in [-0.4, -0.2) is 26.4 Å². The van der Waals surface area contributed by atoms with E-state index in [-0.39, 0.29) is 17.3 Å². The van der Waals surface area contributed by atoms with E-state index in [0.29, 0.717) is 11.1 Å². The summed E-state index contributed by atoms with van der Waals surface area (Å²) in [7, 11) is 0. The van der Waals surface area contributed by atoms with Crippen molar-refractivity contribution >= 4 is 23.4 Å². The lowest BCUT2D eigenvalue weighted by Gasteiger charge is -2.11. The molecule has 5 nitrogen and oxygen atoms in total. The first kappa shape index (κ1) is 17.8. The highest BCUT2D eigenvalue weighted by molar-refractivity contribution is 7.99. The number of aromatic nitrogens is 3. The quantitative estimate of drug-likeness (QED) is 0.786. The number of benzene rings is 1. The number of nitrogens with zero attached hydrogens (tertiary/aromatic N) is 3. The van der Waals surface area contributed by atoms with E-state index < -0.39 is 11.6 Å². The van der Waals surface area contributed by atoms with Crippen LogP contribution in [0.4, 0.5) is 14.5 Å². The molecule has 1 N–H and O–H groups in total. The van der Waals surface area contributed by atoms with E-state index in [2.05, 4.69) is 15.5 Å². The molecular weight excluding hydrogens is 346 g/mol. The maximum atomic E-state index is 13.6. The Morgan fingerprint density at radius 2 is 2.08 bits per heavy atom. The van der Waals surface area contributed by atoms with Crippen LogP contribution in [0.2, 0.25) is 0 Å². The van der Waals surface area contributed by atoms with Crippen LogP contribution in [0, 0.1) is 11.6 Å². The molecule has 0 unspecified atom stereocenters. The number of halogens is 2. The Bertz CT molecular complexity index is 759. The van der Waals surface area contributed by atoms with E-state index in [0.717, 1.165) is 37.3 Å². The van der Waals surface area contributed by atoms with E-state index in [1.165, 1.54) is 30.7 Å². The van der Waals surface area contributed by atoms with Gasteiger partial charge in [-0.15, -0.1) is 10.2 Å². The maximum absolute atomic E-state index is 13.6. The molecule has 25 heavy (non-hydrogen) atoms. The highest BCUT2D eigenvalue weighted by Crippen LogP contribution is 2.34. The third-order valence-corrected chi connectivity index (χ3v) is 5.29. The van der Waals surface area contributed by atoms with Gasteiger partial charge in [0.2, 0.25) is 5.91 Å². The van der Waals surface area contributed by atoms with Crippen LogP contribution < -0.4 is 5.32 Å². The Morgan fingerprint density at radius 3 is 2.76 bits per heavy atom. The lowest BCUT2D eigenvalue weighted by molar-refractivity contribution is -0.113. The zero-order chi connectivity index (χ0) is 17.8. The number of amides is 1. The van der Waals surface area contributed by atoms with E-state index in [1.807, 2.05) is 11.5 Å². The number of carbonyl (C=O) groups excluding carboxylic acids is 1. The molecular formula is C17H20F2N4OS. The van der Waals surface area contributed by atoms with Gasteiger partial charge >= 0.3 is 0 Å². The van der Waals surface area contributed by atoms with Gasteiger partial charge in [0.05, 0.1) is 11.4 Å². The van der Waals surface area contributed by atoms with Crippen molar-refractivity contribution in [2.24, 2.45) is 0 Å². The number of nitrogens with one attached hydrogen (secondary N) is 1. The van der Waals surface area contributed by atoms with E-state index in [1.54, 1.807) is 0 Å². The summed E-state index contributed by atoms with van der Waals surface area (Å²) in [6.45, 7) is 2.77. The van der Waals surface area contributed by atoms with Crippen LogP contribution in [0.25, 0.3) is 0 Å². The molecule has 0 bridgehead atoms. The molecule has 1 aromatic carbocycles. The van der Waals surface area contributed by atoms with Crippen molar-refractivity contribution in [2.75, 3.05) is 11.1 Å². The molecule has 1 amide bonds. The summed E-state index contributed by atoms with van der Waals surface area (Å²) >= 11 is 1.27. The number of carbonyl (C=O) groups is 1. The van der Waals surface area contributed by atoms with Gasteiger partial charge in [0.1, 0.15) is 17.5 Å². The van der Waals surface area contributed by atoms with Gasteiger partial charge in [0, 0.05) is 18.5 Å². The lowest BCUT2D eigenvalue weighted by atomic mass is 10.1. The summed E-state index contributed by atoms with van der Waals surface area (Å²) in [6, 6.07) is 3.05. The molecule has 1 aliphatic rings. The maximum Gasteiger partial charge on any atom is 0.234 e. The Morgan fingerprint density at radius 1 is 1.32 bits per heavy atom. The molecule has 8 heteroatoms. The van der Waals surface area contributed by atoms with Gasteiger partial charge in [0.15, 0.2) is 5.16 Å².